The highest BCUT2D eigenvalue weighted by Gasteiger charge is 2.31. The molecule has 108 valence electrons. The molecule has 0 radical (unpaired) electrons. The molecule has 0 aliphatic carbocycles. The van der Waals surface area contributed by atoms with Gasteiger partial charge in [-0.15, -0.1) is 11.8 Å². The Hall–Kier alpha value is -1.53. The third-order valence-corrected chi connectivity index (χ3v) is 4.16. The number of thioether (sulfide) groups is 1. The number of benzene rings is 1. The van der Waals surface area contributed by atoms with E-state index in [4.69, 9.17) is 4.74 Å². The van der Waals surface area contributed by atoms with Gasteiger partial charge in [0.1, 0.15) is 6.54 Å². The maximum atomic E-state index is 12.3. The van der Waals surface area contributed by atoms with E-state index in [9.17, 15) is 9.59 Å². The van der Waals surface area contributed by atoms with Gasteiger partial charge in [0.2, 0.25) is 11.8 Å². The number of carbonyl (C=O) groups excluding carboxylic acids is 2. The minimum atomic E-state index is -0.177. The summed E-state index contributed by atoms with van der Waals surface area (Å²) in [6.45, 7) is 2.81. The van der Waals surface area contributed by atoms with Gasteiger partial charge in [-0.25, -0.2) is 0 Å². The molecule has 0 fully saturated rings. The third-order valence-electron chi connectivity index (χ3n) is 3.00. The molecule has 1 aromatic rings. The van der Waals surface area contributed by atoms with Crippen molar-refractivity contribution in [3.63, 3.8) is 0 Å². The fraction of sp³-hybridized carbons (Fsp3) is 0.429. The molecule has 5 nitrogen and oxygen atoms in total. The highest BCUT2D eigenvalue weighted by Crippen LogP contribution is 2.38. The molecule has 6 heteroatoms. The Kier molecular flexibility index (Phi) is 5.03. The Labute approximate surface area is 122 Å². The lowest BCUT2D eigenvalue weighted by molar-refractivity contribution is -0.123. The van der Waals surface area contributed by atoms with Crippen LogP contribution >= 0.6 is 11.8 Å². The number of hydrogen-bond acceptors (Lipinski definition) is 4. The van der Waals surface area contributed by atoms with Crippen molar-refractivity contribution in [2.24, 2.45) is 0 Å². The summed E-state index contributed by atoms with van der Waals surface area (Å²) in [5.74, 6) is -0.208. The van der Waals surface area contributed by atoms with Gasteiger partial charge in [-0.2, -0.15) is 0 Å². The second kappa shape index (κ2) is 6.76. The molecule has 1 unspecified atom stereocenters. The molecule has 0 bridgehead atoms. The van der Waals surface area contributed by atoms with Gasteiger partial charge >= 0.3 is 0 Å². The summed E-state index contributed by atoms with van der Waals surface area (Å²) >= 11 is 1.53. The number of rotatable bonds is 5. The van der Waals surface area contributed by atoms with Crippen molar-refractivity contribution in [2.45, 2.75) is 17.1 Å². The summed E-state index contributed by atoms with van der Waals surface area (Å²) in [4.78, 5) is 26.7. The van der Waals surface area contributed by atoms with Crippen LogP contribution in [0.4, 0.5) is 5.69 Å². The van der Waals surface area contributed by atoms with Crippen LogP contribution in [0.25, 0.3) is 0 Å². The van der Waals surface area contributed by atoms with Crippen molar-refractivity contribution < 1.29 is 14.3 Å². The summed E-state index contributed by atoms with van der Waals surface area (Å²) in [7, 11) is 1.58. The van der Waals surface area contributed by atoms with E-state index in [1.807, 2.05) is 31.2 Å². The topological polar surface area (TPSA) is 58.6 Å². The van der Waals surface area contributed by atoms with Gasteiger partial charge < -0.3 is 15.0 Å². The second-order valence-electron chi connectivity index (χ2n) is 4.49. The van der Waals surface area contributed by atoms with Crippen LogP contribution in [0.1, 0.15) is 6.92 Å². The highest BCUT2D eigenvalue weighted by molar-refractivity contribution is 8.00. The van der Waals surface area contributed by atoms with Crippen molar-refractivity contribution in [2.75, 3.05) is 31.7 Å². The molecular weight excluding hydrogens is 276 g/mol. The number of carbonyl (C=O) groups is 2. The molecule has 0 saturated heterocycles. The summed E-state index contributed by atoms with van der Waals surface area (Å²) in [5.41, 5.74) is 0.808. The van der Waals surface area contributed by atoms with Crippen molar-refractivity contribution in [3.05, 3.63) is 24.3 Å². The Morgan fingerprint density at radius 3 is 2.95 bits per heavy atom. The van der Waals surface area contributed by atoms with Gasteiger partial charge in [0.15, 0.2) is 0 Å². The molecule has 2 rings (SSSR count). The molecule has 1 N–H and O–H groups in total. The van der Waals surface area contributed by atoms with Gasteiger partial charge in [-0.3, -0.25) is 9.59 Å². The number of ether oxygens (including phenoxy) is 1. The third kappa shape index (κ3) is 3.32. The van der Waals surface area contributed by atoms with Gasteiger partial charge in [-0.1, -0.05) is 12.1 Å². The number of para-hydroxylation sites is 1. The number of anilines is 1. The predicted molar refractivity (Wildman–Crippen MR) is 79.0 cm³/mol. The van der Waals surface area contributed by atoms with E-state index in [1.165, 1.54) is 11.8 Å². The Bertz CT molecular complexity index is 507. The molecule has 1 aliphatic heterocycles. The zero-order valence-corrected chi connectivity index (χ0v) is 12.4. The fourth-order valence-electron chi connectivity index (χ4n) is 2.01. The summed E-state index contributed by atoms with van der Waals surface area (Å²) in [5, 5.41) is 2.56. The molecule has 1 aliphatic rings. The quantitative estimate of drug-likeness (QED) is 0.831. The SMILES string of the molecule is COCCNC(=O)CN1C(=O)C(C)Sc2ccccc21. The van der Waals surface area contributed by atoms with Gasteiger partial charge in [0.25, 0.3) is 0 Å². The summed E-state index contributed by atoms with van der Waals surface area (Å²) in [6, 6.07) is 7.65. The van der Waals surface area contributed by atoms with Crippen LogP contribution in [0.3, 0.4) is 0 Å². The number of fused-ring (bicyclic) bond motifs is 1. The number of nitrogens with zero attached hydrogens (tertiary/aromatic N) is 1. The minimum absolute atomic E-state index is 0.0319. The van der Waals surface area contributed by atoms with Crippen LogP contribution < -0.4 is 10.2 Å². The van der Waals surface area contributed by atoms with Gasteiger partial charge in [0, 0.05) is 18.6 Å². The number of amides is 2. The first-order chi connectivity index (χ1) is 9.63. The molecule has 0 spiro atoms. The lowest BCUT2D eigenvalue weighted by atomic mass is 10.2. The average molecular weight is 294 g/mol. The lowest BCUT2D eigenvalue weighted by Gasteiger charge is -2.31. The van der Waals surface area contributed by atoms with Gasteiger partial charge in [-0.05, 0) is 19.1 Å². The molecular formula is C14H18N2O3S. The van der Waals surface area contributed by atoms with E-state index >= 15 is 0 Å². The monoisotopic (exact) mass is 294 g/mol. The number of hydrogen-bond donors (Lipinski definition) is 1. The maximum Gasteiger partial charge on any atom is 0.240 e. The highest BCUT2D eigenvalue weighted by atomic mass is 32.2. The van der Waals surface area contributed by atoms with E-state index < -0.39 is 0 Å². The first kappa shape index (κ1) is 14.9. The van der Waals surface area contributed by atoms with Gasteiger partial charge in [0.05, 0.1) is 17.5 Å². The van der Waals surface area contributed by atoms with Crippen LogP contribution in [0.2, 0.25) is 0 Å². The predicted octanol–water partition coefficient (Wildman–Crippen LogP) is 1.28. The number of nitrogens with one attached hydrogen (secondary N) is 1. The Morgan fingerprint density at radius 1 is 1.45 bits per heavy atom. The average Bonchev–Trinajstić information content (AvgIpc) is 2.44. The van der Waals surface area contributed by atoms with Crippen molar-refractivity contribution >= 4 is 29.3 Å². The molecule has 1 atom stereocenters. The maximum absolute atomic E-state index is 12.3. The zero-order valence-electron chi connectivity index (χ0n) is 11.6. The first-order valence-corrected chi connectivity index (χ1v) is 7.34. The summed E-state index contributed by atoms with van der Waals surface area (Å²) < 4.78 is 4.88. The minimum Gasteiger partial charge on any atom is -0.383 e. The van der Waals surface area contributed by atoms with E-state index in [2.05, 4.69) is 5.32 Å². The van der Waals surface area contributed by atoms with E-state index in [-0.39, 0.29) is 23.6 Å². The van der Waals surface area contributed by atoms with E-state index in [1.54, 1.807) is 12.0 Å². The smallest absolute Gasteiger partial charge is 0.240 e. The first-order valence-electron chi connectivity index (χ1n) is 6.46. The van der Waals surface area contributed by atoms with Crippen molar-refractivity contribution in [1.82, 2.24) is 5.32 Å². The van der Waals surface area contributed by atoms with E-state index in [0.29, 0.717) is 13.2 Å². The molecule has 0 saturated carbocycles. The normalized spacial score (nSPS) is 17.8. The van der Waals surface area contributed by atoms with Crippen LogP contribution in [0.15, 0.2) is 29.2 Å². The van der Waals surface area contributed by atoms with Crippen LogP contribution in [0, 0.1) is 0 Å². The number of methoxy groups -OCH3 is 1. The van der Waals surface area contributed by atoms with Crippen LogP contribution in [0.5, 0.6) is 0 Å². The Morgan fingerprint density at radius 2 is 2.20 bits per heavy atom. The molecule has 1 heterocycles. The van der Waals surface area contributed by atoms with Crippen molar-refractivity contribution in [3.8, 4) is 0 Å². The molecule has 0 aromatic heterocycles. The fourth-order valence-corrected chi connectivity index (χ4v) is 3.08. The summed E-state index contributed by atoms with van der Waals surface area (Å²) in [6.07, 6.45) is 0. The van der Waals surface area contributed by atoms with E-state index in [0.717, 1.165) is 10.6 Å². The van der Waals surface area contributed by atoms with Crippen LogP contribution in [-0.4, -0.2) is 43.9 Å². The largest absolute Gasteiger partial charge is 0.383 e. The van der Waals surface area contributed by atoms with Crippen LogP contribution in [-0.2, 0) is 14.3 Å². The standard InChI is InChI=1S/C14H18N2O3S/c1-10-14(18)16(9-13(17)15-7-8-19-2)11-5-3-4-6-12(11)20-10/h3-6,10H,7-9H2,1-2H3,(H,15,17). The lowest BCUT2D eigenvalue weighted by Crippen LogP contribution is -2.46. The molecule has 1 aromatic carbocycles. The molecule has 2 amide bonds. The second-order valence-corrected chi connectivity index (χ2v) is 5.88. The Balaban J connectivity index is 2.09. The zero-order chi connectivity index (χ0) is 14.5. The molecule has 20 heavy (non-hydrogen) atoms. The van der Waals surface area contributed by atoms with Crippen molar-refractivity contribution in [1.29, 1.82) is 0 Å².